The quantitative estimate of drug-likeness (QED) is 0.483. The summed E-state index contributed by atoms with van der Waals surface area (Å²) in [5.74, 6) is -1.38. The first-order valence-electron chi connectivity index (χ1n) is 3.32. The number of carbonyl (C=O) groups is 2. The number of oxazole rings is 1. The molecule has 0 bridgehead atoms. The van der Waals surface area contributed by atoms with Gasteiger partial charge in [-0.05, 0) is 0 Å². The minimum Gasteiger partial charge on any atom is -0.438 e. The second-order valence-corrected chi connectivity index (χ2v) is 2.03. The Morgan fingerprint density at radius 3 is 2.85 bits per heavy atom. The summed E-state index contributed by atoms with van der Waals surface area (Å²) < 4.78 is 4.62. The number of carbonyl (C=O) groups excluding carboxylic acids is 2. The molecule has 0 saturated carbocycles. The van der Waals surface area contributed by atoms with Gasteiger partial charge in [0.1, 0.15) is 6.61 Å². The SMILES string of the molecule is O=C(CO)NNC(=O)c1cnco1. The number of hydrogen-bond acceptors (Lipinski definition) is 5. The highest BCUT2D eigenvalue weighted by molar-refractivity contribution is 5.92. The monoisotopic (exact) mass is 185 g/mol. The van der Waals surface area contributed by atoms with E-state index < -0.39 is 18.4 Å². The van der Waals surface area contributed by atoms with Crippen molar-refractivity contribution in [3.8, 4) is 0 Å². The van der Waals surface area contributed by atoms with E-state index in [1.165, 1.54) is 6.20 Å². The third-order valence-corrected chi connectivity index (χ3v) is 1.12. The van der Waals surface area contributed by atoms with Gasteiger partial charge in [-0.15, -0.1) is 0 Å². The van der Waals surface area contributed by atoms with Crippen LogP contribution in [0.5, 0.6) is 0 Å². The molecule has 13 heavy (non-hydrogen) atoms. The van der Waals surface area contributed by atoms with E-state index in [0.717, 1.165) is 6.39 Å². The zero-order valence-electron chi connectivity index (χ0n) is 6.48. The Kier molecular flexibility index (Phi) is 2.98. The number of nitrogens with one attached hydrogen (secondary N) is 2. The molecule has 0 unspecified atom stereocenters. The molecule has 3 N–H and O–H groups in total. The number of hydrogen-bond donors (Lipinski definition) is 3. The van der Waals surface area contributed by atoms with Crippen LogP contribution in [-0.4, -0.2) is 28.5 Å². The number of nitrogens with zero attached hydrogens (tertiary/aromatic N) is 1. The Hall–Kier alpha value is -1.89. The fraction of sp³-hybridized carbons (Fsp3) is 0.167. The van der Waals surface area contributed by atoms with Crippen LogP contribution in [0.25, 0.3) is 0 Å². The van der Waals surface area contributed by atoms with Crippen molar-refractivity contribution >= 4 is 11.8 Å². The van der Waals surface area contributed by atoms with Crippen LogP contribution in [0.3, 0.4) is 0 Å². The first kappa shape index (κ1) is 9.20. The van der Waals surface area contributed by atoms with Gasteiger partial charge in [-0.3, -0.25) is 20.4 Å². The largest absolute Gasteiger partial charge is 0.438 e. The molecule has 0 radical (unpaired) electrons. The van der Waals surface area contributed by atoms with Crippen LogP contribution in [0.4, 0.5) is 0 Å². The Balaban J connectivity index is 2.39. The molecule has 1 heterocycles. The maximum absolute atomic E-state index is 11.0. The maximum atomic E-state index is 11.0. The summed E-state index contributed by atoms with van der Waals surface area (Å²) in [6, 6.07) is 0. The van der Waals surface area contributed by atoms with Gasteiger partial charge in [0.25, 0.3) is 5.91 Å². The van der Waals surface area contributed by atoms with E-state index in [9.17, 15) is 9.59 Å². The number of aliphatic hydroxyl groups is 1. The molecule has 7 nitrogen and oxygen atoms in total. The van der Waals surface area contributed by atoms with Gasteiger partial charge >= 0.3 is 5.91 Å². The van der Waals surface area contributed by atoms with Gasteiger partial charge in [0.2, 0.25) is 5.76 Å². The first-order chi connectivity index (χ1) is 6.24. The van der Waals surface area contributed by atoms with E-state index in [2.05, 4.69) is 9.40 Å². The summed E-state index contributed by atoms with van der Waals surface area (Å²) >= 11 is 0. The Morgan fingerprint density at radius 1 is 1.54 bits per heavy atom. The average Bonchev–Trinajstić information content (AvgIpc) is 2.66. The molecule has 0 atom stereocenters. The number of aliphatic hydroxyl groups excluding tert-OH is 1. The van der Waals surface area contributed by atoms with Gasteiger partial charge in [0.05, 0.1) is 6.20 Å². The first-order valence-corrected chi connectivity index (χ1v) is 3.32. The zero-order chi connectivity index (χ0) is 9.68. The second kappa shape index (κ2) is 4.21. The van der Waals surface area contributed by atoms with Crippen LogP contribution in [0.15, 0.2) is 17.0 Å². The Labute approximate surface area is 72.7 Å². The lowest BCUT2D eigenvalue weighted by Crippen LogP contribution is -2.42. The molecular weight excluding hydrogens is 178 g/mol. The van der Waals surface area contributed by atoms with Crippen LogP contribution in [0.2, 0.25) is 0 Å². The van der Waals surface area contributed by atoms with Crippen molar-refractivity contribution in [3.63, 3.8) is 0 Å². The highest BCUT2D eigenvalue weighted by Crippen LogP contribution is 1.93. The molecule has 2 amide bonds. The van der Waals surface area contributed by atoms with Crippen LogP contribution >= 0.6 is 0 Å². The molecule has 0 saturated heterocycles. The Morgan fingerprint density at radius 2 is 2.31 bits per heavy atom. The van der Waals surface area contributed by atoms with E-state index >= 15 is 0 Å². The predicted molar refractivity (Wildman–Crippen MR) is 39.2 cm³/mol. The van der Waals surface area contributed by atoms with Gasteiger partial charge < -0.3 is 9.52 Å². The van der Waals surface area contributed by atoms with Crippen molar-refractivity contribution in [2.45, 2.75) is 0 Å². The van der Waals surface area contributed by atoms with Gasteiger partial charge in [-0.2, -0.15) is 0 Å². The summed E-state index contributed by atoms with van der Waals surface area (Å²) in [5, 5.41) is 8.28. The predicted octanol–water partition coefficient (Wildman–Crippen LogP) is -1.57. The lowest BCUT2D eigenvalue weighted by molar-refractivity contribution is -0.124. The highest BCUT2D eigenvalue weighted by atomic mass is 16.3. The summed E-state index contributed by atoms with van der Waals surface area (Å²) in [7, 11) is 0. The van der Waals surface area contributed by atoms with Gasteiger partial charge in [-0.1, -0.05) is 0 Å². The molecular formula is C6H7N3O4. The molecule has 1 aromatic rings. The zero-order valence-corrected chi connectivity index (χ0v) is 6.48. The van der Waals surface area contributed by atoms with E-state index in [1.54, 1.807) is 0 Å². The van der Waals surface area contributed by atoms with Crippen molar-refractivity contribution in [1.82, 2.24) is 15.8 Å². The molecule has 0 spiro atoms. The summed E-state index contributed by atoms with van der Waals surface area (Å²) in [4.78, 5) is 24.9. The van der Waals surface area contributed by atoms with Crippen molar-refractivity contribution in [2.24, 2.45) is 0 Å². The van der Waals surface area contributed by atoms with Crippen LogP contribution < -0.4 is 10.9 Å². The number of rotatable bonds is 2. The minimum atomic E-state index is -0.715. The van der Waals surface area contributed by atoms with Crippen molar-refractivity contribution in [2.75, 3.05) is 6.61 Å². The molecule has 0 fully saturated rings. The summed E-state index contributed by atoms with van der Waals surface area (Å²) in [6.45, 7) is -0.698. The van der Waals surface area contributed by atoms with E-state index in [1.807, 2.05) is 10.9 Å². The molecule has 1 aromatic heterocycles. The van der Waals surface area contributed by atoms with Gasteiger partial charge in [0.15, 0.2) is 6.39 Å². The third-order valence-electron chi connectivity index (χ3n) is 1.12. The molecule has 0 aliphatic carbocycles. The second-order valence-electron chi connectivity index (χ2n) is 2.03. The van der Waals surface area contributed by atoms with Crippen molar-refractivity contribution in [3.05, 3.63) is 18.4 Å². The number of hydrazine groups is 1. The normalized spacial score (nSPS) is 9.31. The molecule has 0 aromatic carbocycles. The maximum Gasteiger partial charge on any atom is 0.307 e. The Bertz CT molecular complexity index is 295. The highest BCUT2D eigenvalue weighted by Gasteiger charge is 2.09. The smallest absolute Gasteiger partial charge is 0.307 e. The van der Waals surface area contributed by atoms with Crippen LogP contribution in [0, 0.1) is 0 Å². The number of amides is 2. The lowest BCUT2D eigenvalue weighted by Gasteiger charge is -2.02. The van der Waals surface area contributed by atoms with E-state index in [0.29, 0.717) is 0 Å². The van der Waals surface area contributed by atoms with Gasteiger partial charge in [-0.25, -0.2) is 4.98 Å². The van der Waals surface area contributed by atoms with Crippen molar-refractivity contribution in [1.29, 1.82) is 0 Å². The minimum absolute atomic E-state index is 0.0294. The average molecular weight is 185 g/mol. The summed E-state index contributed by atoms with van der Waals surface area (Å²) in [5.41, 5.74) is 3.95. The molecule has 7 heteroatoms. The lowest BCUT2D eigenvalue weighted by atomic mass is 10.5. The molecule has 0 aliphatic rings. The van der Waals surface area contributed by atoms with E-state index in [-0.39, 0.29) is 5.76 Å². The van der Waals surface area contributed by atoms with Crippen LogP contribution in [-0.2, 0) is 4.79 Å². The molecule has 1 rings (SSSR count). The van der Waals surface area contributed by atoms with Crippen LogP contribution in [0.1, 0.15) is 10.6 Å². The number of aromatic nitrogens is 1. The third kappa shape index (κ3) is 2.56. The van der Waals surface area contributed by atoms with Crippen molar-refractivity contribution < 1.29 is 19.1 Å². The topological polar surface area (TPSA) is 104 Å². The summed E-state index contributed by atoms with van der Waals surface area (Å²) in [6.07, 6.45) is 2.28. The standard InChI is InChI=1S/C6H7N3O4/c10-2-5(11)8-9-6(12)4-1-7-3-13-4/h1,3,10H,2H2,(H,8,11)(H,9,12). The van der Waals surface area contributed by atoms with Gasteiger partial charge in [0, 0.05) is 0 Å². The molecule has 0 aliphatic heterocycles. The fourth-order valence-electron chi connectivity index (χ4n) is 0.556. The fourth-order valence-corrected chi connectivity index (χ4v) is 0.556. The van der Waals surface area contributed by atoms with E-state index in [4.69, 9.17) is 5.11 Å². The molecule has 70 valence electrons.